The van der Waals surface area contributed by atoms with Crippen molar-refractivity contribution in [1.82, 2.24) is 4.57 Å². The Kier molecular flexibility index (Phi) is 5.29. The van der Waals surface area contributed by atoms with E-state index >= 15 is 0 Å². The predicted octanol–water partition coefficient (Wildman–Crippen LogP) is 13.9. The summed E-state index contributed by atoms with van der Waals surface area (Å²) in [5.41, 5.74) is 11.5. The first kappa shape index (κ1) is 27.2. The van der Waals surface area contributed by atoms with Crippen LogP contribution < -0.4 is 0 Å². The van der Waals surface area contributed by atoms with Crippen LogP contribution in [0, 0.1) is 0 Å². The number of hydrogen-bond donors (Lipinski definition) is 0. The fraction of sp³-hybridized carbons (Fsp3) is 0. The van der Waals surface area contributed by atoms with Crippen LogP contribution in [-0.2, 0) is 0 Å². The highest BCUT2D eigenvalue weighted by atomic mass is 15.0. The maximum atomic E-state index is 2.54. The summed E-state index contributed by atoms with van der Waals surface area (Å²) in [4.78, 5) is 0. The Labute approximate surface area is 294 Å². The third-order valence-electron chi connectivity index (χ3n) is 11.5. The highest BCUT2D eigenvalue weighted by molar-refractivity contribution is 6.36. The molecule has 11 aromatic rings. The number of para-hydroxylation sites is 1. The van der Waals surface area contributed by atoms with Crippen molar-refractivity contribution in [2.75, 3.05) is 0 Å². The lowest BCUT2D eigenvalue weighted by Crippen LogP contribution is -1.97. The molecule has 1 heteroatoms. The molecule has 0 saturated heterocycles. The van der Waals surface area contributed by atoms with E-state index in [9.17, 15) is 0 Å². The summed E-state index contributed by atoms with van der Waals surface area (Å²) >= 11 is 0. The van der Waals surface area contributed by atoms with Gasteiger partial charge >= 0.3 is 0 Å². The molecule has 1 heterocycles. The first-order valence-electron chi connectivity index (χ1n) is 17.8. The van der Waals surface area contributed by atoms with E-state index < -0.39 is 0 Å². The van der Waals surface area contributed by atoms with Gasteiger partial charge in [-0.3, -0.25) is 0 Å². The molecule has 0 radical (unpaired) electrons. The third kappa shape index (κ3) is 3.55. The summed E-state index contributed by atoms with van der Waals surface area (Å²) in [5.74, 6) is 0. The Bertz CT molecular complexity index is 3300. The maximum absolute atomic E-state index is 2.54. The number of rotatable bonds is 2. The van der Waals surface area contributed by atoms with Crippen molar-refractivity contribution in [3.63, 3.8) is 0 Å². The van der Waals surface area contributed by atoms with E-state index in [2.05, 4.69) is 180 Å². The number of benzene rings is 10. The van der Waals surface area contributed by atoms with Crippen LogP contribution in [0.2, 0.25) is 0 Å². The Hall–Kier alpha value is -6.70. The van der Waals surface area contributed by atoms with Crippen LogP contribution in [0.25, 0.3) is 115 Å². The molecule has 0 amide bonds. The summed E-state index contributed by atoms with van der Waals surface area (Å²) < 4.78 is 2.54. The van der Waals surface area contributed by atoms with Gasteiger partial charge in [-0.25, -0.2) is 0 Å². The summed E-state index contributed by atoms with van der Waals surface area (Å²) in [6.07, 6.45) is 0. The van der Waals surface area contributed by atoms with E-state index in [1.54, 1.807) is 0 Å². The second kappa shape index (κ2) is 9.94. The molecule has 0 spiro atoms. The average Bonchev–Trinajstić information content (AvgIpc) is 3.71. The molecule has 0 atom stereocenters. The van der Waals surface area contributed by atoms with Crippen molar-refractivity contribution < 1.29 is 0 Å². The SMILES string of the molecule is c1cc2c3c(cccc3c1)-c1cc(-c3ccc(-n4c5ccccc5c5c6ccc7ccccc7c6c6ccccc6c54)c4ccccc34)ccc1-2. The van der Waals surface area contributed by atoms with Gasteiger partial charge in [-0.1, -0.05) is 158 Å². The quantitative estimate of drug-likeness (QED) is 0.165. The molecule has 0 aliphatic heterocycles. The molecular weight excluding hydrogens is 615 g/mol. The van der Waals surface area contributed by atoms with Crippen molar-refractivity contribution in [3.8, 4) is 39.1 Å². The summed E-state index contributed by atoms with van der Waals surface area (Å²) in [6.45, 7) is 0. The first-order chi connectivity index (χ1) is 25.3. The zero-order valence-electron chi connectivity index (χ0n) is 27.7. The Morgan fingerprint density at radius 1 is 0.294 bits per heavy atom. The molecule has 1 nitrogen and oxygen atoms in total. The van der Waals surface area contributed by atoms with Crippen LogP contribution in [0.1, 0.15) is 0 Å². The van der Waals surface area contributed by atoms with Crippen molar-refractivity contribution in [1.29, 1.82) is 0 Å². The van der Waals surface area contributed by atoms with Gasteiger partial charge < -0.3 is 4.57 Å². The van der Waals surface area contributed by atoms with Crippen molar-refractivity contribution in [2.24, 2.45) is 0 Å². The molecule has 234 valence electrons. The Balaban J connectivity index is 1.16. The van der Waals surface area contributed by atoms with Crippen LogP contribution in [0.3, 0.4) is 0 Å². The van der Waals surface area contributed by atoms with Crippen LogP contribution in [0.15, 0.2) is 176 Å². The number of fused-ring (bicyclic) bond motifs is 14. The normalized spacial score (nSPS) is 12.3. The molecule has 10 aromatic carbocycles. The van der Waals surface area contributed by atoms with Gasteiger partial charge in [0.25, 0.3) is 0 Å². The van der Waals surface area contributed by atoms with Crippen LogP contribution >= 0.6 is 0 Å². The topological polar surface area (TPSA) is 4.93 Å². The largest absolute Gasteiger partial charge is 0.308 e. The second-order valence-electron chi connectivity index (χ2n) is 14.0. The minimum absolute atomic E-state index is 1.20. The van der Waals surface area contributed by atoms with Gasteiger partial charge in [0, 0.05) is 21.5 Å². The number of nitrogens with zero attached hydrogens (tertiary/aromatic N) is 1. The van der Waals surface area contributed by atoms with E-state index in [0.29, 0.717) is 0 Å². The average molecular weight is 644 g/mol. The molecule has 0 unspecified atom stereocenters. The summed E-state index contributed by atoms with van der Waals surface area (Å²) in [5, 5.41) is 15.5. The second-order valence-corrected chi connectivity index (χ2v) is 14.0. The van der Waals surface area contributed by atoms with E-state index in [-0.39, 0.29) is 0 Å². The van der Waals surface area contributed by atoms with Gasteiger partial charge in [-0.05, 0) is 94.7 Å². The zero-order chi connectivity index (χ0) is 33.2. The molecule has 12 rings (SSSR count). The van der Waals surface area contributed by atoms with Gasteiger partial charge in [-0.2, -0.15) is 0 Å². The highest BCUT2D eigenvalue weighted by Gasteiger charge is 2.24. The van der Waals surface area contributed by atoms with Gasteiger partial charge in [0.05, 0.1) is 16.7 Å². The first-order valence-corrected chi connectivity index (χ1v) is 17.8. The number of aromatic nitrogens is 1. The third-order valence-corrected chi connectivity index (χ3v) is 11.5. The van der Waals surface area contributed by atoms with E-state index in [4.69, 9.17) is 0 Å². The summed E-state index contributed by atoms with van der Waals surface area (Å²) in [7, 11) is 0. The standard InChI is InChI=1S/C50H29N/c1-2-14-34-30(11-1)23-26-43-48(34)39-17-5-6-18-41(39)50-49(43)42-19-7-8-22-45(42)51(50)46-28-27-33(35-15-3-4-16-37(35)46)32-24-25-36-38-20-9-12-31-13-10-21-40(47(31)38)44(36)29-32/h1-29H. The molecular formula is C50H29N. The van der Waals surface area contributed by atoms with Crippen molar-refractivity contribution in [2.45, 2.75) is 0 Å². The Morgan fingerprint density at radius 3 is 1.78 bits per heavy atom. The van der Waals surface area contributed by atoms with Crippen LogP contribution in [-0.4, -0.2) is 4.57 Å². The summed E-state index contributed by atoms with van der Waals surface area (Å²) in [6, 6.07) is 65.5. The molecule has 1 aliphatic carbocycles. The fourth-order valence-electron chi connectivity index (χ4n) is 9.38. The van der Waals surface area contributed by atoms with Gasteiger partial charge in [0.15, 0.2) is 0 Å². The highest BCUT2D eigenvalue weighted by Crippen LogP contribution is 2.50. The molecule has 51 heavy (non-hydrogen) atoms. The minimum Gasteiger partial charge on any atom is -0.308 e. The van der Waals surface area contributed by atoms with E-state index in [0.717, 1.165) is 0 Å². The maximum Gasteiger partial charge on any atom is 0.0626 e. The van der Waals surface area contributed by atoms with Crippen LogP contribution in [0.4, 0.5) is 0 Å². The molecule has 0 bridgehead atoms. The smallest absolute Gasteiger partial charge is 0.0626 e. The lowest BCUT2D eigenvalue weighted by molar-refractivity contribution is 1.20. The molecule has 1 aromatic heterocycles. The van der Waals surface area contributed by atoms with Crippen molar-refractivity contribution in [3.05, 3.63) is 176 Å². The number of hydrogen-bond acceptors (Lipinski definition) is 0. The lowest BCUT2D eigenvalue weighted by atomic mass is 9.92. The monoisotopic (exact) mass is 643 g/mol. The van der Waals surface area contributed by atoms with E-state index in [1.165, 1.54) is 115 Å². The Morgan fingerprint density at radius 2 is 0.941 bits per heavy atom. The molecule has 0 N–H and O–H groups in total. The molecule has 0 saturated carbocycles. The molecule has 0 fully saturated rings. The zero-order valence-corrected chi connectivity index (χ0v) is 27.7. The van der Waals surface area contributed by atoms with Crippen LogP contribution in [0.5, 0.6) is 0 Å². The lowest BCUT2D eigenvalue weighted by Gasteiger charge is -2.17. The fourth-order valence-corrected chi connectivity index (χ4v) is 9.38. The van der Waals surface area contributed by atoms with Gasteiger partial charge in [0.1, 0.15) is 0 Å². The van der Waals surface area contributed by atoms with E-state index in [1.807, 2.05) is 0 Å². The predicted molar refractivity (Wildman–Crippen MR) is 218 cm³/mol. The minimum atomic E-state index is 1.20. The van der Waals surface area contributed by atoms with Gasteiger partial charge in [-0.15, -0.1) is 0 Å². The molecule has 1 aliphatic rings. The van der Waals surface area contributed by atoms with Crippen molar-refractivity contribution >= 4 is 75.7 Å². The van der Waals surface area contributed by atoms with Gasteiger partial charge in [0.2, 0.25) is 0 Å².